The van der Waals surface area contributed by atoms with Crippen molar-refractivity contribution in [2.75, 3.05) is 27.2 Å². The Morgan fingerprint density at radius 2 is 2.11 bits per heavy atom. The van der Waals surface area contributed by atoms with Gasteiger partial charge >= 0.3 is 0 Å². The van der Waals surface area contributed by atoms with Crippen LogP contribution in [-0.4, -0.2) is 52.5 Å². The number of nitrogens with zero attached hydrogens (tertiary/aromatic N) is 4. The molecule has 0 radical (unpaired) electrons. The zero-order valence-electron chi connectivity index (χ0n) is 12.8. The Kier molecular flexibility index (Phi) is 4.21. The lowest BCUT2D eigenvalue weighted by atomic mass is 9.88. The first-order valence-corrected chi connectivity index (χ1v) is 7.07. The van der Waals surface area contributed by atoms with Gasteiger partial charge in [-0.1, -0.05) is 0 Å². The fourth-order valence-corrected chi connectivity index (χ4v) is 2.84. The quantitative estimate of drug-likeness (QED) is 0.830. The first kappa shape index (κ1) is 14.4. The second-order valence-corrected chi connectivity index (χ2v) is 6.41. The lowest BCUT2D eigenvalue weighted by Gasteiger charge is -2.35. The monoisotopic (exact) mass is 262 g/mol. The molecule has 0 saturated carbocycles. The van der Waals surface area contributed by atoms with Gasteiger partial charge in [-0.3, -0.25) is 9.97 Å². The molecule has 1 aliphatic rings. The normalized spacial score (nSPS) is 23.2. The van der Waals surface area contributed by atoms with Gasteiger partial charge in [0.1, 0.15) is 0 Å². The second-order valence-electron chi connectivity index (χ2n) is 6.41. The molecule has 19 heavy (non-hydrogen) atoms. The minimum absolute atomic E-state index is 0.299. The van der Waals surface area contributed by atoms with Gasteiger partial charge in [0.2, 0.25) is 0 Å². The Balaban J connectivity index is 1.91. The van der Waals surface area contributed by atoms with E-state index in [0.717, 1.165) is 30.4 Å². The molecule has 0 bridgehead atoms. The Morgan fingerprint density at radius 1 is 1.37 bits per heavy atom. The second kappa shape index (κ2) is 5.55. The van der Waals surface area contributed by atoms with Crippen LogP contribution in [0.3, 0.4) is 0 Å². The third kappa shape index (κ3) is 3.31. The van der Waals surface area contributed by atoms with Gasteiger partial charge < -0.3 is 9.80 Å². The summed E-state index contributed by atoms with van der Waals surface area (Å²) in [5.41, 5.74) is 2.33. The van der Waals surface area contributed by atoms with Gasteiger partial charge in [-0.05, 0) is 53.8 Å². The van der Waals surface area contributed by atoms with E-state index in [1.807, 2.05) is 19.3 Å². The molecule has 1 atom stereocenters. The van der Waals surface area contributed by atoms with Crippen LogP contribution >= 0.6 is 0 Å². The Morgan fingerprint density at radius 3 is 2.63 bits per heavy atom. The van der Waals surface area contributed by atoms with Crippen molar-refractivity contribution in [3.8, 4) is 0 Å². The van der Waals surface area contributed by atoms with Crippen molar-refractivity contribution in [3.05, 3.63) is 23.8 Å². The van der Waals surface area contributed by atoms with Gasteiger partial charge in [0.15, 0.2) is 0 Å². The summed E-state index contributed by atoms with van der Waals surface area (Å²) in [6.45, 7) is 9.87. The number of hydrogen-bond acceptors (Lipinski definition) is 4. The van der Waals surface area contributed by atoms with E-state index >= 15 is 0 Å². The van der Waals surface area contributed by atoms with Gasteiger partial charge in [0.25, 0.3) is 0 Å². The van der Waals surface area contributed by atoms with Crippen LogP contribution in [0.2, 0.25) is 0 Å². The first-order chi connectivity index (χ1) is 8.89. The highest BCUT2D eigenvalue weighted by atomic mass is 15.2. The zero-order chi connectivity index (χ0) is 14.0. The largest absolute Gasteiger partial charge is 0.301 e. The van der Waals surface area contributed by atoms with E-state index in [1.165, 1.54) is 13.0 Å². The number of aryl methyl sites for hydroxylation is 1. The summed E-state index contributed by atoms with van der Waals surface area (Å²) >= 11 is 0. The molecule has 1 aromatic rings. The van der Waals surface area contributed by atoms with Gasteiger partial charge in [-0.25, -0.2) is 0 Å². The molecule has 1 saturated heterocycles. The van der Waals surface area contributed by atoms with Crippen molar-refractivity contribution < 1.29 is 0 Å². The Hall–Kier alpha value is -1.00. The molecule has 2 rings (SSSR count). The van der Waals surface area contributed by atoms with E-state index in [9.17, 15) is 0 Å². The summed E-state index contributed by atoms with van der Waals surface area (Å²) < 4.78 is 0. The van der Waals surface area contributed by atoms with E-state index in [2.05, 4.69) is 47.7 Å². The molecule has 0 spiro atoms. The van der Waals surface area contributed by atoms with Crippen molar-refractivity contribution in [2.45, 2.75) is 39.3 Å². The highest BCUT2D eigenvalue weighted by Gasteiger charge is 2.39. The molecular weight excluding hydrogens is 236 g/mol. The van der Waals surface area contributed by atoms with Gasteiger partial charge in [-0.2, -0.15) is 0 Å². The molecular formula is C15H26N4. The minimum Gasteiger partial charge on any atom is -0.301 e. The molecule has 1 unspecified atom stereocenters. The van der Waals surface area contributed by atoms with Crippen molar-refractivity contribution in [3.63, 3.8) is 0 Å². The maximum Gasteiger partial charge on any atom is 0.0726 e. The fourth-order valence-electron chi connectivity index (χ4n) is 2.84. The third-order valence-electron chi connectivity index (χ3n) is 4.59. The average molecular weight is 262 g/mol. The molecule has 1 aromatic heterocycles. The maximum absolute atomic E-state index is 4.43. The summed E-state index contributed by atoms with van der Waals surface area (Å²) in [5, 5.41) is 0. The Bertz CT molecular complexity index is 413. The minimum atomic E-state index is 0.299. The van der Waals surface area contributed by atoms with Gasteiger partial charge in [-0.15, -0.1) is 0 Å². The van der Waals surface area contributed by atoms with Crippen LogP contribution in [0, 0.1) is 12.8 Å². The van der Waals surface area contributed by atoms with Crippen LogP contribution in [0.1, 0.15) is 31.7 Å². The summed E-state index contributed by atoms with van der Waals surface area (Å²) in [4.78, 5) is 13.6. The summed E-state index contributed by atoms with van der Waals surface area (Å²) in [6.07, 6.45) is 5.02. The zero-order valence-corrected chi connectivity index (χ0v) is 12.8. The van der Waals surface area contributed by atoms with Crippen LogP contribution < -0.4 is 0 Å². The number of hydrogen-bond donors (Lipinski definition) is 0. The van der Waals surface area contributed by atoms with Crippen molar-refractivity contribution in [1.82, 2.24) is 19.8 Å². The molecule has 4 nitrogen and oxygen atoms in total. The van der Waals surface area contributed by atoms with Crippen LogP contribution in [0.25, 0.3) is 0 Å². The summed E-state index contributed by atoms with van der Waals surface area (Å²) in [7, 11) is 4.40. The summed E-state index contributed by atoms with van der Waals surface area (Å²) in [6, 6.07) is 0. The third-order valence-corrected chi connectivity index (χ3v) is 4.59. The number of aromatic nitrogens is 2. The van der Waals surface area contributed by atoms with E-state index in [0.29, 0.717) is 5.54 Å². The molecule has 0 amide bonds. The molecule has 0 aliphatic carbocycles. The van der Waals surface area contributed by atoms with Crippen LogP contribution in [-0.2, 0) is 6.54 Å². The number of rotatable bonds is 4. The first-order valence-electron chi connectivity index (χ1n) is 7.07. The van der Waals surface area contributed by atoms with E-state index in [1.54, 1.807) is 0 Å². The maximum atomic E-state index is 4.43. The highest BCUT2D eigenvalue weighted by molar-refractivity contribution is 5.01. The molecule has 106 valence electrons. The molecule has 0 N–H and O–H groups in total. The van der Waals surface area contributed by atoms with Gasteiger partial charge in [0, 0.05) is 31.0 Å². The topological polar surface area (TPSA) is 32.3 Å². The Labute approximate surface area is 116 Å². The van der Waals surface area contributed by atoms with Crippen LogP contribution in [0.15, 0.2) is 12.4 Å². The smallest absolute Gasteiger partial charge is 0.0726 e. The van der Waals surface area contributed by atoms with Gasteiger partial charge in [0.05, 0.1) is 11.4 Å². The molecule has 2 heterocycles. The molecule has 4 heteroatoms. The average Bonchev–Trinajstić information content (AvgIpc) is 2.59. The van der Waals surface area contributed by atoms with Crippen molar-refractivity contribution >= 4 is 0 Å². The van der Waals surface area contributed by atoms with Crippen molar-refractivity contribution in [1.29, 1.82) is 0 Å². The van der Waals surface area contributed by atoms with Crippen molar-refractivity contribution in [2.24, 2.45) is 5.92 Å². The molecule has 0 aromatic carbocycles. The summed E-state index contributed by atoms with van der Waals surface area (Å²) in [5.74, 6) is 0.723. The molecule has 1 fully saturated rings. The lowest BCUT2D eigenvalue weighted by molar-refractivity contribution is 0.140. The SMILES string of the molecule is Cc1cnc(CN(C)CC2CCN(C)C2(C)C)cn1. The number of likely N-dealkylation sites (tertiary alicyclic amines) is 1. The van der Waals surface area contributed by atoms with Crippen LogP contribution in [0.4, 0.5) is 0 Å². The van der Waals surface area contributed by atoms with Crippen LogP contribution in [0.5, 0.6) is 0 Å². The standard InChI is InChI=1S/C15H26N4/c1-12-8-17-14(9-16-12)11-18(4)10-13-6-7-19(5)15(13,2)3/h8-9,13H,6-7,10-11H2,1-5H3. The van der Waals surface area contributed by atoms with E-state index in [4.69, 9.17) is 0 Å². The van der Waals surface area contributed by atoms with E-state index < -0.39 is 0 Å². The highest BCUT2D eigenvalue weighted by Crippen LogP contribution is 2.33. The fraction of sp³-hybridized carbons (Fsp3) is 0.733. The molecule has 1 aliphatic heterocycles. The predicted molar refractivity (Wildman–Crippen MR) is 77.9 cm³/mol. The van der Waals surface area contributed by atoms with E-state index in [-0.39, 0.29) is 0 Å². The lowest BCUT2D eigenvalue weighted by Crippen LogP contribution is -2.43. The predicted octanol–water partition coefficient (Wildman–Crippen LogP) is 1.95.